The lowest BCUT2D eigenvalue weighted by Crippen LogP contribution is -1.98. The molecule has 0 heterocycles. The van der Waals surface area contributed by atoms with Crippen molar-refractivity contribution in [2.45, 2.75) is 12.8 Å². The van der Waals surface area contributed by atoms with E-state index in [1.165, 1.54) is 11.1 Å². The van der Waals surface area contributed by atoms with Crippen LogP contribution >= 0.6 is 31.9 Å². The van der Waals surface area contributed by atoms with Crippen LogP contribution in [0.2, 0.25) is 0 Å². The summed E-state index contributed by atoms with van der Waals surface area (Å²) in [6.45, 7) is 2.17. The highest BCUT2D eigenvalue weighted by atomic mass is 79.9. The van der Waals surface area contributed by atoms with Gasteiger partial charge in [-0.05, 0) is 116 Å². The molecule has 0 unspecified atom stereocenters. The summed E-state index contributed by atoms with van der Waals surface area (Å²) in [6.07, 6.45) is 0. The lowest BCUT2D eigenvalue weighted by molar-refractivity contribution is 0.479. The number of rotatable bonds is 6. The molecular formula is C26H22Br2N2O2. The zero-order valence-electron chi connectivity index (χ0n) is 17.4. The molecule has 0 bridgehead atoms. The Bertz CT molecular complexity index is 1130. The summed E-state index contributed by atoms with van der Waals surface area (Å²) < 4.78 is 13.7. The molecule has 4 N–H and O–H groups in total. The molecular weight excluding hydrogens is 532 g/mol. The fraction of sp³-hybridized carbons (Fsp3) is 0.0769. The highest BCUT2D eigenvalue weighted by Crippen LogP contribution is 2.37. The summed E-state index contributed by atoms with van der Waals surface area (Å²) in [5, 5.41) is 0. The Morgan fingerprint density at radius 3 is 1.31 bits per heavy atom. The van der Waals surface area contributed by atoms with Gasteiger partial charge in [0, 0.05) is 17.3 Å². The standard InChI is InChI=1S/C26H22Br2N2O2/c1-16(17-2-12-25(23(27)14-17)31-21-8-4-19(29)5-9-21)18-3-13-26(24(28)15-18)32-22-10-6-20(30)7-11-22/h2-16H,29-30H2,1H3. The van der Waals surface area contributed by atoms with Crippen LogP contribution in [0.15, 0.2) is 93.9 Å². The average Bonchev–Trinajstić information content (AvgIpc) is 2.79. The van der Waals surface area contributed by atoms with Gasteiger partial charge in [-0.3, -0.25) is 0 Å². The highest BCUT2D eigenvalue weighted by Gasteiger charge is 2.14. The number of halogens is 2. The SMILES string of the molecule is CC(c1ccc(Oc2ccc(N)cc2)c(Br)c1)c1ccc(Oc2ccc(N)cc2)c(Br)c1. The molecule has 4 aromatic carbocycles. The second-order valence-corrected chi connectivity index (χ2v) is 9.15. The zero-order valence-corrected chi connectivity index (χ0v) is 20.6. The van der Waals surface area contributed by atoms with Crippen molar-refractivity contribution in [3.05, 3.63) is 105 Å². The highest BCUT2D eigenvalue weighted by molar-refractivity contribution is 9.10. The van der Waals surface area contributed by atoms with Crippen LogP contribution in [0, 0.1) is 0 Å². The zero-order chi connectivity index (χ0) is 22.7. The van der Waals surface area contributed by atoms with Gasteiger partial charge in [0.2, 0.25) is 0 Å². The predicted molar refractivity (Wildman–Crippen MR) is 138 cm³/mol. The summed E-state index contributed by atoms with van der Waals surface area (Å²) >= 11 is 7.28. The minimum Gasteiger partial charge on any atom is -0.456 e. The van der Waals surface area contributed by atoms with Gasteiger partial charge in [-0.25, -0.2) is 0 Å². The Morgan fingerprint density at radius 2 is 0.969 bits per heavy atom. The van der Waals surface area contributed by atoms with Crippen LogP contribution in [0.3, 0.4) is 0 Å². The van der Waals surface area contributed by atoms with Crippen molar-refractivity contribution in [1.29, 1.82) is 0 Å². The van der Waals surface area contributed by atoms with Crippen molar-refractivity contribution in [1.82, 2.24) is 0 Å². The molecule has 0 amide bonds. The number of anilines is 2. The van der Waals surface area contributed by atoms with Gasteiger partial charge >= 0.3 is 0 Å². The molecule has 0 atom stereocenters. The quantitative estimate of drug-likeness (QED) is 0.236. The van der Waals surface area contributed by atoms with E-state index >= 15 is 0 Å². The van der Waals surface area contributed by atoms with Crippen LogP contribution < -0.4 is 20.9 Å². The molecule has 0 saturated heterocycles. The Balaban J connectivity index is 1.50. The molecule has 0 fully saturated rings. The third-order valence-corrected chi connectivity index (χ3v) is 6.37. The Labute approximate surface area is 204 Å². The molecule has 6 heteroatoms. The lowest BCUT2D eigenvalue weighted by atomic mass is 9.93. The molecule has 0 aliphatic rings. The topological polar surface area (TPSA) is 70.5 Å². The maximum atomic E-state index is 5.97. The van der Waals surface area contributed by atoms with E-state index < -0.39 is 0 Å². The normalized spacial score (nSPS) is 10.9. The van der Waals surface area contributed by atoms with Crippen molar-refractivity contribution in [2.24, 2.45) is 0 Å². The second kappa shape index (κ2) is 9.67. The number of hydrogen-bond acceptors (Lipinski definition) is 4. The Morgan fingerprint density at radius 1 is 0.594 bits per heavy atom. The summed E-state index contributed by atoms with van der Waals surface area (Å²) in [4.78, 5) is 0. The monoisotopic (exact) mass is 552 g/mol. The molecule has 4 nitrogen and oxygen atoms in total. The van der Waals surface area contributed by atoms with E-state index in [1.54, 1.807) is 0 Å². The molecule has 0 radical (unpaired) electrons. The van der Waals surface area contributed by atoms with Crippen LogP contribution in [0.25, 0.3) is 0 Å². The van der Waals surface area contributed by atoms with Crippen LogP contribution in [-0.2, 0) is 0 Å². The number of nitrogens with two attached hydrogens (primary N) is 2. The van der Waals surface area contributed by atoms with Crippen molar-refractivity contribution >= 4 is 43.2 Å². The number of nitrogen functional groups attached to an aromatic ring is 2. The molecule has 4 aromatic rings. The molecule has 162 valence electrons. The Kier molecular flexibility index (Phi) is 6.72. The van der Waals surface area contributed by atoms with E-state index in [2.05, 4.69) is 63.0 Å². The van der Waals surface area contributed by atoms with Crippen LogP contribution in [0.1, 0.15) is 24.0 Å². The van der Waals surface area contributed by atoms with E-state index in [9.17, 15) is 0 Å². The molecule has 0 aromatic heterocycles. The second-order valence-electron chi connectivity index (χ2n) is 7.44. The largest absolute Gasteiger partial charge is 0.456 e. The van der Waals surface area contributed by atoms with Crippen molar-refractivity contribution in [3.63, 3.8) is 0 Å². The van der Waals surface area contributed by atoms with Gasteiger partial charge < -0.3 is 20.9 Å². The first kappa shape index (κ1) is 22.2. The van der Waals surface area contributed by atoms with E-state index in [4.69, 9.17) is 20.9 Å². The van der Waals surface area contributed by atoms with Crippen molar-refractivity contribution in [3.8, 4) is 23.0 Å². The van der Waals surface area contributed by atoms with Crippen molar-refractivity contribution < 1.29 is 9.47 Å². The maximum absolute atomic E-state index is 5.97. The van der Waals surface area contributed by atoms with Gasteiger partial charge in [0.25, 0.3) is 0 Å². The number of hydrogen-bond donors (Lipinski definition) is 2. The molecule has 0 saturated carbocycles. The van der Waals surface area contributed by atoms with E-state index in [0.29, 0.717) is 11.4 Å². The van der Waals surface area contributed by atoms with E-state index in [0.717, 1.165) is 31.9 Å². The lowest BCUT2D eigenvalue weighted by Gasteiger charge is -2.16. The maximum Gasteiger partial charge on any atom is 0.141 e. The van der Waals surface area contributed by atoms with E-state index in [1.807, 2.05) is 60.7 Å². The predicted octanol–water partition coefficient (Wildman–Crippen LogP) is 8.11. The summed E-state index contributed by atoms with van der Waals surface area (Å²) in [6, 6.07) is 26.9. The van der Waals surface area contributed by atoms with Gasteiger partial charge in [-0.2, -0.15) is 0 Å². The van der Waals surface area contributed by atoms with Gasteiger partial charge in [0.05, 0.1) is 8.95 Å². The number of benzene rings is 4. The van der Waals surface area contributed by atoms with Gasteiger partial charge in [0.15, 0.2) is 0 Å². The first-order chi connectivity index (χ1) is 15.4. The van der Waals surface area contributed by atoms with Crippen LogP contribution in [0.4, 0.5) is 11.4 Å². The number of ether oxygens (including phenoxy) is 2. The first-order valence-electron chi connectivity index (χ1n) is 10.0. The van der Waals surface area contributed by atoms with Gasteiger partial charge in [-0.1, -0.05) is 19.1 Å². The summed E-state index contributed by atoms with van der Waals surface area (Å²) in [5.41, 5.74) is 15.2. The molecule has 0 spiro atoms. The van der Waals surface area contributed by atoms with Gasteiger partial charge in [-0.15, -0.1) is 0 Å². The minimum atomic E-state index is 0.179. The fourth-order valence-electron chi connectivity index (χ4n) is 3.26. The van der Waals surface area contributed by atoms with E-state index in [-0.39, 0.29) is 5.92 Å². The Hall–Kier alpha value is -2.96. The fourth-order valence-corrected chi connectivity index (χ4v) is 4.21. The smallest absolute Gasteiger partial charge is 0.141 e. The third-order valence-electron chi connectivity index (χ3n) is 5.13. The molecule has 32 heavy (non-hydrogen) atoms. The van der Waals surface area contributed by atoms with Crippen LogP contribution in [0.5, 0.6) is 23.0 Å². The first-order valence-corrected chi connectivity index (χ1v) is 11.6. The van der Waals surface area contributed by atoms with Gasteiger partial charge in [0.1, 0.15) is 23.0 Å². The summed E-state index contributed by atoms with van der Waals surface area (Å²) in [5.74, 6) is 3.15. The molecule has 4 rings (SSSR count). The minimum absolute atomic E-state index is 0.179. The van der Waals surface area contributed by atoms with Crippen LogP contribution in [-0.4, -0.2) is 0 Å². The molecule has 0 aliphatic heterocycles. The third kappa shape index (κ3) is 5.26. The average molecular weight is 554 g/mol. The van der Waals surface area contributed by atoms with Crippen molar-refractivity contribution in [2.75, 3.05) is 11.5 Å². The molecule has 0 aliphatic carbocycles. The summed E-state index contributed by atoms with van der Waals surface area (Å²) in [7, 11) is 0.